The summed E-state index contributed by atoms with van der Waals surface area (Å²) in [6, 6.07) is 12.4. The highest BCUT2D eigenvalue weighted by Gasteiger charge is 2.32. The number of esters is 1. The number of hydrazone groups is 1. The average molecular weight is 522 g/mol. The lowest BCUT2D eigenvalue weighted by Crippen LogP contribution is -2.45. The number of para-hydroxylation sites is 1. The number of ether oxygens (including phenoxy) is 4. The van der Waals surface area contributed by atoms with E-state index in [1.807, 2.05) is 6.07 Å². The van der Waals surface area contributed by atoms with Gasteiger partial charge in [-0.05, 0) is 43.7 Å². The Hall–Kier alpha value is -5.05. The fourth-order valence-corrected chi connectivity index (χ4v) is 3.58. The van der Waals surface area contributed by atoms with Crippen molar-refractivity contribution in [2.45, 2.75) is 19.9 Å². The number of rotatable bonds is 11. The highest BCUT2D eigenvalue weighted by atomic mass is 16.5. The number of urea groups is 1. The van der Waals surface area contributed by atoms with Crippen molar-refractivity contribution in [1.82, 2.24) is 16.1 Å². The molecular formula is C26H27N5O7. The molecule has 0 unspecified atom stereocenters. The molecule has 3 amide bonds. The van der Waals surface area contributed by atoms with Crippen LogP contribution in [0, 0.1) is 11.3 Å². The Morgan fingerprint density at radius 2 is 1.95 bits per heavy atom. The minimum absolute atomic E-state index is 0.115. The highest BCUT2D eigenvalue weighted by Crippen LogP contribution is 2.34. The molecule has 12 heteroatoms. The predicted molar refractivity (Wildman–Crippen MR) is 136 cm³/mol. The van der Waals surface area contributed by atoms with E-state index in [-0.39, 0.29) is 36.9 Å². The molecule has 1 heterocycles. The Morgan fingerprint density at radius 1 is 1.16 bits per heavy atom. The number of benzene rings is 2. The Bertz CT molecular complexity index is 1300. The molecule has 12 nitrogen and oxygen atoms in total. The number of amides is 3. The van der Waals surface area contributed by atoms with E-state index < -0.39 is 23.9 Å². The number of nitriles is 1. The normalized spacial score (nSPS) is 14.7. The summed E-state index contributed by atoms with van der Waals surface area (Å²) in [5.74, 6) is -0.0793. The first-order chi connectivity index (χ1) is 18.4. The van der Waals surface area contributed by atoms with Crippen LogP contribution in [0.3, 0.4) is 0 Å². The van der Waals surface area contributed by atoms with Gasteiger partial charge in [0.1, 0.15) is 11.8 Å². The van der Waals surface area contributed by atoms with Crippen LogP contribution >= 0.6 is 0 Å². The maximum Gasteiger partial charge on any atom is 0.338 e. The fourth-order valence-electron chi connectivity index (χ4n) is 3.58. The summed E-state index contributed by atoms with van der Waals surface area (Å²) in [4.78, 5) is 36.9. The molecular weight excluding hydrogens is 494 g/mol. The van der Waals surface area contributed by atoms with Crippen molar-refractivity contribution in [2.75, 3.05) is 26.9 Å². The molecule has 1 aliphatic rings. The van der Waals surface area contributed by atoms with Crippen LogP contribution in [-0.2, 0) is 14.3 Å². The summed E-state index contributed by atoms with van der Waals surface area (Å²) < 4.78 is 21.5. The Labute approximate surface area is 219 Å². The monoisotopic (exact) mass is 521 g/mol. The van der Waals surface area contributed by atoms with Crippen LogP contribution in [0.15, 0.2) is 58.8 Å². The molecule has 2 aromatic rings. The van der Waals surface area contributed by atoms with Gasteiger partial charge in [0, 0.05) is 11.3 Å². The van der Waals surface area contributed by atoms with Gasteiger partial charge in [0.15, 0.2) is 24.7 Å². The first-order valence-corrected chi connectivity index (χ1v) is 11.5. The Kier molecular flexibility index (Phi) is 9.65. The van der Waals surface area contributed by atoms with Gasteiger partial charge in [-0.2, -0.15) is 10.4 Å². The molecule has 0 bridgehead atoms. The third-order valence-corrected chi connectivity index (χ3v) is 5.25. The molecule has 1 aliphatic heterocycles. The first-order valence-electron chi connectivity index (χ1n) is 11.5. The van der Waals surface area contributed by atoms with E-state index >= 15 is 0 Å². The second-order valence-electron chi connectivity index (χ2n) is 7.77. The van der Waals surface area contributed by atoms with Gasteiger partial charge in [-0.3, -0.25) is 4.79 Å². The second-order valence-corrected chi connectivity index (χ2v) is 7.77. The minimum Gasteiger partial charge on any atom is -0.493 e. The van der Waals surface area contributed by atoms with Gasteiger partial charge in [0.05, 0.1) is 31.5 Å². The number of carbonyl (C=O) groups is 3. The SMILES string of the molecule is CCOC(=O)C1=C(C)NC(=O)N[C@H]1c1ccc(OCC(=O)N/N=C\c2ccccc2OCC#N)c(OC)c1. The third kappa shape index (κ3) is 7.01. The van der Waals surface area contributed by atoms with E-state index in [4.69, 9.17) is 24.2 Å². The van der Waals surface area contributed by atoms with Crippen LogP contribution < -0.4 is 30.3 Å². The Morgan fingerprint density at radius 3 is 2.68 bits per heavy atom. The minimum atomic E-state index is -0.775. The standard InChI is InChI=1S/C26H27N5O7/c1-4-36-25(33)23-16(2)29-26(34)30-24(23)17-9-10-20(21(13-17)35-3)38-15-22(32)31-28-14-18-7-5-6-8-19(18)37-12-11-27/h5-10,13-14,24H,4,12,15H2,1-3H3,(H,31,32)(H2,29,30,34)/b28-14-/t24-/m0/s1. The van der Waals surface area contributed by atoms with E-state index in [0.717, 1.165) is 0 Å². The molecule has 0 spiro atoms. The van der Waals surface area contributed by atoms with Gasteiger partial charge in [-0.15, -0.1) is 0 Å². The highest BCUT2D eigenvalue weighted by molar-refractivity contribution is 5.95. The molecule has 198 valence electrons. The molecule has 0 radical (unpaired) electrons. The Balaban J connectivity index is 1.67. The maximum atomic E-state index is 12.5. The molecule has 3 rings (SSSR count). The molecule has 0 saturated carbocycles. The second kappa shape index (κ2) is 13.3. The van der Waals surface area contributed by atoms with Crippen LogP contribution in [0.4, 0.5) is 4.79 Å². The van der Waals surface area contributed by atoms with Crippen molar-refractivity contribution in [2.24, 2.45) is 5.10 Å². The maximum absolute atomic E-state index is 12.5. The zero-order valence-corrected chi connectivity index (χ0v) is 21.1. The number of nitrogens with one attached hydrogen (secondary N) is 3. The molecule has 38 heavy (non-hydrogen) atoms. The van der Waals surface area contributed by atoms with E-state index in [9.17, 15) is 14.4 Å². The average Bonchev–Trinajstić information content (AvgIpc) is 2.90. The predicted octanol–water partition coefficient (Wildman–Crippen LogP) is 2.32. The fraction of sp³-hybridized carbons (Fsp3) is 0.269. The largest absolute Gasteiger partial charge is 0.493 e. The summed E-state index contributed by atoms with van der Waals surface area (Å²) in [6.45, 7) is 3.01. The number of nitrogens with zero attached hydrogens (tertiary/aromatic N) is 2. The van der Waals surface area contributed by atoms with Crippen molar-refractivity contribution in [3.8, 4) is 23.3 Å². The molecule has 0 fully saturated rings. The molecule has 1 atom stereocenters. The summed E-state index contributed by atoms with van der Waals surface area (Å²) in [5.41, 5.74) is 4.14. The number of allylic oxidation sites excluding steroid dienone is 1. The zero-order valence-electron chi connectivity index (χ0n) is 21.1. The number of hydrogen-bond acceptors (Lipinski definition) is 9. The summed E-state index contributed by atoms with van der Waals surface area (Å²) >= 11 is 0. The summed E-state index contributed by atoms with van der Waals surface area (Å²) in [7, 11) is 1.43. The van der Waals surface area contributed by atoms with Crippen molar-refractivity contribution in [1.29, 1.82) is 5.26 Å². The summed E-state index contributed by atoms with van der Waals surface area (Å²) in [6.07, 6.45) is 1.39. The topological polar surface area (TPSA) is 160 Å². The van der Waals surface area contributed by atoms with E-state index in [2.05, 4.69) is 21.2 Å². The number of carbonyl (C=O) groups excluding carboxylic acids is 3. The lowest BCUT2D eigenvalue weighted by atomic mass is 9.95. The number of methoxy groups -OCH3 is 1. The summed E-state index contributed by atoms with van der Waals surface area (Å²) in [5, 5.41) is 17.9. The smallest absolute Gasteiger partial charge is 0.338 e. The molecule has 0 aliphatic carbocycles. The van der Waals surface area contributed by atoms with Gasteiger partial charge < -0.3 is 29.6 Å². The van der Waals surface area contributed by atoms with E-state index in [1.54, 1.807) is 56.3 Å². The molecule has 0 aromatic heterocycles. The number of hydrogen-bond donors (Lipinski definition) is 3. The molecule has 2 aromatic carbocycles. The van der Waals surface area contributed by atoms with Gasteiger partial charge in [-0.25, -0.2) is 15.0 Å². The third-order valence-electron chi connectivity index (χ3n) is 5.25. The van der Waals surface area contributed by atoms with E-state index in [0.29, 0.717) is 22.6 Å². The van der Waals surface area contributed by atoms with Crippen LogP contribution in [-0.4, -0.2) is 51.1 Å². The zero-order chi connectivity index (χ0) is 27.5. The first kappa shape index (κ1) is 27.5. The lowest BCUT2D eigenvalue weighted by molar-refractivity contribution is -0.139. The quantitative estimate of drug-likeness (QED) is 0.231. The van der Waals surface area contributed by atoms with Gasteiger partial charge in [0.2, 0.25) is 0 Å². The molecule has 3 N–H and O–H groups in total. The van der Waals surface area contributed by atoms with Crippen LogP contribution in [0.2, 0.25) is 0 Å². The van der Waals surface area contributed by atoms with Gasteiger partial charge >= 0.3 is 12.0 Å². The van der Waals surface area contributed by atoms with Crippen molar-refractivity contribution >= 4 is 24.1 Å². The van der Waals surface area contributed by atoms with Gasteiger partial charge in [-0.1, -0.05) is 18.2 Å². The van der Waals surface area contributed by atoms with Crippen molar-refractivity contribution in [3.05, 3.63) is 64.9 Å². The van der Waals surface area contributed by atoms with Crippen LogP contribution in [0.1, 0.15) is 31.0 Å². The van der Waals surface area contributed by atoms with E-state index in [1.165, 1.54) is 13.3 Å². The van der Waals surface area contributed by atoms with Crippen molar-refractivity contribution in [3.63, 3.8) is 0 Å². The van der Waals surface area contributed by atoms with Crippen LogP contribution in [0.25, 0.3) is 0 Å². The van der Waals surface area contributed by atoms with Gasteiger partial charge in [0.25, 0.3) is 5.91 Å². The lowest BCUT2D eigenvalue weighted by Gasteiger charge is -2.28. The van der Waals surface area contributed by atoms with Crippen LogP contribution in [0.5, 0.6) is 17.2 Å². The molecule has 0 saturated heterocycles. The van der Waals surface area contributed by atoms with Crippen molar-refractivity contribution < 1.29 is 33.3 Å².